The fourth-order valence-corrected chi connectivity index (χ4v) is 2.93. The molecule has 1 saturated carbocycles. The summed E-state index contributed by atoms with van der Waals surface area (Å²) in [6.07, 6.45) is 12.7. The summed E-state index contributed by atoms with van der Waals surface area (Å²) < 4.78 is 0. The molecule has 2 heteroatoms. The van der Waals surface area contributed by atoms with E-state index in [4.69, 9.17) is 11.6 Å². The molecule has 0 aliphatic heterocycles. The standard InChI is InChI=1S/C14H25ClO/c1-2-3-4-5-6-7-12-8-10-13(11-9-12)14(15)16/h12-13H,2-11H2,1H3/t12-,13-. The van der Waals surface area contributed by atoms with E-state index in [1.165, 1.54) is 51.4 Å². The van der Waals surface area contributed by atoms with E-state index in [0.29, 0.717) is 0 Å². The normalized spacial score (nSPS) is 25.6. The lowest BCUT2D eigenvalue weighted by Gasteiger charge is -2.26. The summed E-state index contributed by atoms with van der Waals surface area (Å²) in [7, 11) is 0. The largest absolute Gasteiger partial charge is 0.281 e. The molecule has 0 bridgehead atoms. The zero-order valence-corrected chi connectivity index (χ0v) is 11.3. The number of rotatable bonds is 7. The third-order valence-corrected chi connectivity index (χ3v) is 4.19. The average molecular weight is 245 g/mol. The van der Waals surface area contributed by atoms with Crippen LogP contribution in [0.3, 0.4) is 0 Å². The number of carbonyl (C=O) groups excluding carboxylic acids is 1. The van der Waals surface area contributed by atoms with Crippen molar-refractivity contribution in [1.82, 2.24) is 0 Å². The molecular formula is C14H25ClO. The zero-order chi connectivity index (χ0) is 11.8. The van der Waals surface area contributed by atoms with Gasteiger partial charge in [0.05, 0.1) is 0 Å². The van der Waals surface area contributed by atoms with Gasteiger partial charge in [0.25, 0.3) is 0 Å². The Balaban J connectivity index is 2.02. The number of unbranched alkanes of at least 4 members (excludes halogenated alkanes) is 4. The Bertz CT molecular complexity index is 195. The van der Waals surface area contributed by atoms with Crippen LogP contribution in [0.4, 0.5) is 0 Å². The quantitative estimate of drug-likeness (QED) is 0.459. The predicted molar refractivity (Wildman–Crippen MR) is 69.7 cm³/mol. The van der Waals surface area contributed by atoms with Gasteiger partial charge in [0.2, 0.25) is 5.24 Å². The van der Waals surface area contributed by atoms with Crippen molar-refractivity contribution in [3.8, 4) is 0 Å². The maximum atomic E-state index is 11.0. The van der Waals surface area contributed by atoms with Crippen molar-refractivity contribution in [3.63, 3.8) is 0 Å². The summed E-state index contributed by atoms with van der Waals surface area (Å²) in [5, 5.41) is -0.110. The Morgan fingerprint density at radius 3 is 2.25 bits per heavy atom. The van der Waals surface area contributed by atoms with Crippen LogP contribution in [0.1, 0.15) is 71.1 Å². The summed E-state index contributed by atoms with van der Waals surface area (Å²) >= 11 is 5.53. The van der Waals surface area contributed by atoms with Crippen LogP contribution in [-0.4, -0.2) is 5.24 Å². The SMILES string of the molecule is CCCCCCC[C@H]1CC[C@H](C(=O)Cl)CC1. The highest BCUT2D eigenvalue weighted by Gasteiger charge is 2.24. The van der Waals surface area contributed by atoms with E-state index in [1.54, 1.807) is 0 Å². The molecule has 0 N–H and O–H groups in total. The molecule has 0 aromatic rings. The van der Waals surface area contributed by atoms with Crippen molar-refractivity contribution < 1.29 is 4.79 Å². The summed E-state index contributed by atoms with van der Waals surface area (Å²) in [4.78, 5) is 11.0. The molecule has 0 aromatic carbocycles. The second-order valence-corrected chi connectivity index (χ2v) is 5.60. The summed E-state index contributed by atoms with van der Waals surface area (Å²) in [6, 6.07) is 0. The van der Waals surface area contributed by atoms with Crippen LogP contribution in [0, 0.1) is 11.8 Å². The number of carbonyl (C=O) groups is 1. The highest BCUT2D eigenvalue weighted by Crippen LogP contribution is 2.33. The fraction of sp³-hybridized carbons (Fsp3) is 0.929. The van der Waals surface area contributed by atoms with Crippen LogP contribution in [0.5, 0.6) is 0 Å². The van der Waals surface area contributed by atoms with Gasteiger partial charge < -0.3 is 0 Å². The minimum atomic E-state index is -0.110. The molecule has 1 fully saturated rings. The summed E-state index contributed by atoms with van der Waals surface area (Å²) in [6.45, 7) is 2.25. The molecule has 16 heavy (non-hydrogen) atoms. The Morgan fingerprint density at radius 1 is 1.06 bits per heavy atom. The van der Waals surface area contributed by atoms with Crippen LogP contribution >= 0.6 is 11.6 Å². The maximum Gasteiger partial charge on any atom is 0.224 e. The highest BCUT2D eigenvalue weighted by molar-refractivity contribution is 6.63. The maximum absolute atomic E-state index is 11.0. The van der Waals surface area contributed by atoms with E-state index in [1.807, 2.05) is 0 Å². The molecule has 0 radical (unpaired) electrons. The van der Waals surface area contributed by atoms with E-state index < -0.39 is 0 Å². The van der Waals surface area contributed by atoms with Crippen molar-refractivity contribution in [2.75, 3.05) is 0 Å². The fourth-order valence-electron chi connectivity index (χ4n) is 2.71. The first-order valence-electron chi connectivity index (χ1n) is 6.93. The molecule has 1 rings (SSSR count). The van der Waals surface area contributed by atoms with Gasteiger partial charge in [0.1, 0.15) is 0 Å². The Kier molecular flexibility index (Phi) is 7.11. The van der Waals surface area contributed by atoms with Gasteiger partial charge in [0.15, 0.2) is 0 Å². The molecule has 0 heterocycles. The van der Waals surface area contributed by atoms with E-state index in [0.717, 1.165) is 18.8 Å². The lowest BCUT2D eigenvalue weighted by atomic mass is 9.80. The van der Waals surface area contributed by atoms with Gasteiger partial charge in [-0.05, 0) is 43.2 Å². The summed E-state index contributed by atoms with van der Waals surface area (Å²) in [5.74, 6) is 1.03. The zero-order valence-electron chi connectivity index (χ0n) is 10.5. The van der Waals surface area contributed by atoms with Gasteiger partial charge in [-0.25, -0.2) is 0 Å². The molecule has 0 unspecified atom stereocenters. The van der Waals surface area contributed by atoms with Gasteiger partial charge in [-0.1, -0.05) is 45.4 Å². The van der Waals surface area contributed by atoms with Crippen molar-refractivity contribution in [3.05, 3.63) is 0 Å². The van der Waals surface area contributed by atoms with Crippen molar-refractivity contribution in [1.29, 1.82) is 0 Å². The van der Waals surface area contributed by atoms with Gasteiger partial charge in [-0.3, -0.25) is 4.79 Å². The third kappa shape index (κ3) is 5.34. The van der Waals surface area contributed by atoms with E-state index in [2.05, 4.69) is 6.92 Å². The first-order valence-corrected chi connectivity index (χ1v) is 7.31. The molecular weight excluding hydrogens is 220 g/mol. The molecule has 0 spiro atoms. The Morgan fingerprint density at radius 2 is 1.69 bits per heavy atom. The third-order valence-electron chi connectivity index (χ3n) is 3.88. The number of halogens is 1. The second-order valence-electron chi connectivity index (χ2n) is 5.22. The van der Waals surface area contributed by atoms with Gasteiger partial charge >= 0.3 is 0 Å². The molecule has 0 atom stereocenters. The molecule has 1 aliphatic carbocycles. The van der Waals surface area contributed by atoms with Crippen LogP contribution < -0.4 is 0 Å². The Labute approximate surface area is 105 Å². The predicted octanol–water partition coefficient (Wildman–Crippen LogP) is 4.92. The van der Waals surface area contributed by atoms with Crippen LogP contribution in [0.15, 0.2) is 0 Å². The molecule has 1 aliphatic rings. The topological polar surface area (TPSA) is 17.1 Å². The van der Waals surface area contributed by atoms with E-state index in [9.17, 15) is 4.79 Å². The van der Waals surface area contributed by atoms with Crippen molar-refractivity contribution in [2.24, 2.45) is 11.8 Å². The minimum absolute atomic E-state index is 0.110. The van der Waals surface area contributed by atoms with Crippen molar-refractivity contribution >= 4 is 16.8 Å². The monoisotopic (exact) mass is 244 g/mol. The van der Waals surface area contributed by atoms with Crippen LogP contribution in [0.2, 0.25) is 0 Å². The average Bonchev–Trinajstić information content (AvgIpc) is 2.29. The Hall–Kier alpha value is -0.0400. The molecule has 0 aromatic heterocycles. The highest BCUT2D eigenvalue weighted by atomic mass is 35.5. The van der Waals surface area contributed by atoms with Crippen molar-refractivity contribution in [2.45, 2.75) is 71.1 Å². The number of hydrogen-bond acceptors (Lipinski definition) is 1. The first kappa shape index (κ1) is 14.0. The smallest absolute Gasteiger partial charge is 0.224 e. The van der Waals surface area contributed by atoms with E-state index in [-0.39, 0.29) is 11.2 Å². The van der Waals surface area contributed by atoms with Gasteiger partial charge in [0, 0.05) is 5.92 Å². The summed E-state index contributed by atoms with van der Waals surface area (Å²) in [5.41, 5.74) is 0. The van der Waals surface area contributed by atoms with Gasteiger partial charge in [-0.15, -0.1) is 0 Å². The van der Waals surface area contributed by atoms with Crippen LogP contribution in [0.25, 0.3) is 0 Å². The minimum Gasteiger partial charge on any atom is -0.281 e. The molecule has 0 saturated heterocycles. The van der Waals surface area contributed by atoms with Gasteiger partial charge in [-0.2, -0.15) is 0 Å². The van der Waals surface area contributed by atoms with Crippen LogP contribution in [-0.2, 0) is 4.79 Å². The number of hydrogen-bond donors (Lipinski definition) is 0. The van der Waals surface area contributed by atoms with E-state index >= 15 is 0 Å². The molecule has 94 valence electrons. The lowest BCUT2D eigenvalue weighted by Crippen LogP contribution is -2.18. The first-order chi connectivity index (χ1) is 7.74. The molecule has 1 nitrogen and oxygen atoms in total. The molecule has 0 amide bonds. The lowest BCUT2D eigenvalue weighted by molar-refractivity contribution is -0.116. The second kappa shape index (κ2) is 8.11.